The van der Waals surface area contributed by atoms with Crippen LogP contribution < -0.4 is 9.64 Å². The second-order valence-electron chi connectivity index (χ2n) is 8.58. The molecule has 1 fully saturated rings. The molecule has 0 N–H and O–H groups in total. The molecule has 6 nitrogen and oxygen atoms in total. The lowest BCUT2D eigenvalue weighted by Gasteiger charge is -2.36. The number of hydrogen-bond donors (Lipinski definition) is 0. The first kappa shape index (κ1) is 24.8. The van der Waals surface area contributed by atoms with Crippen LogP contribution in [0.3, 0.4) is 0 Å². The van der Waals surface area contributed by atoms with E-state index in [1.165, 1.54) is 0 Å². The number of nitrogens with zero attached hydrogens (tertiary/aromatic N) is 3. The summed E-state index contributed by atoms with van der Waals surface area (Å²) in [5.41, 5.74) is 3.01. The normalized spacial score (nSPS) is 16.1. The van der Waals surface area contributed by atoms with Crippen LogP contribution in [0.1, 0.15) is 38.2 Å². The summed E-state index contributed by atoms with van der Waals surface area (Å²) in [6.45, 7) is 7.42. The highest BCUT2D eigenvalue weighted by Gasteiger charge is 2.20. The van der Waals surface area contributed by atoms with Crippen LogP contribution in [-0.4, -0.2) is 56.1 Å². The summed E-state index contributed by atoms with van der Waals surface area (Å²) >= 11 is 12.5. The first-order valence-corrected chi connectivity index (χ1v) is 12.7. The molecule has 0 spiro atoms. The maximum absolute atomic E-state index is 11.5. The summed E-state index contributed by atoms with van der Waals surface area (Å²) in [5.74, 6) is 1.05. The van der Waals surface area contributed by atoms with Gasteiger partial charge in [-0.2, -0.15) is 0 Å². The molecule has 4 rings (SSSR count). The number of piperazine rings is 1. The average molecular weight is 504 g/mol. The molecule has 0 saturated carbocycles. The van der Waals surface area contributed by atoms with Gasteiger partial charge in [0, 0.05) is 45.1 Å². The Morgan fingerprint density at radius 3 is 2.68 bits per heavy atom. The number of benzene rings is 2. The molecule has 0 aromatic heterocycles. The molecule has 2 aromatic carbocycles. The van der Waals surface area contributed by atoms with Crippen LogP contribution in [0.4, 0.5) is 11.4 Å². The number of aliphatic imine (C=N–C) groups is 1. The predicted octanol–water partition coefficient (Wildman–Crippen LogP) is 5.90. The molecule has 2 aliphatic heterocycles. The van der Waals surface area contributed by atoms with E-state index in [-0.39, 0.29) is 5.97 Å². The molecule has 0 unspecified atom stereocenters. The Morgan fingerprint density at radius 2 is 1.88 bits per heavy atom. The molecule has 2 aromatic rings. The van der Waals surface area contributed by atoms with E-state index >= 15 is 0 Å². The molecule has 0 amide bonds. The first-order valence-electron chi connectivity index (χ1n) is 12.0. The Labute approximate surface area is 211 Å². The van der Waals surface area contributed by atoms with Gasteiger partial charge in [-0.05, 0) is 49.6 Å². The van der Waals surface area contributed by atoms with Gasteiger partial charge in [0.05, 0.1) is 28.0 Å². The van der Waals surface area contributed by atoms with Crippen molar-refractivity contribution in [3.8, 4) is 5.75 Å². The van der Waals surface area contributed by atoms with Crippen molar-refractivity contribution in [2.75, 3.05) is 44.2 Å². The zero-order valence-electron chi connectivity index (χ0n) is 19.6. The Morgan fingerprint density at radius 1 is 1.06 bits per heavy atom. The standard InChI is InChI=1S/C26H31Cl2N3O3/c1-2-25(32)34-24-11-9-19-8-10-20(18-22(19)29-24)33-17-4-3-12-30-13-15-31(16-14-30)23-7-5-6-21(27)26(23)28/h5-8,10,18H,2-4,9,11-17H2,1H3. The van der Waals surface area contributed by atoms with Gasteiger partial charge in [0.15, 0.2) is 5.90 Å². The summed E-state index contributed by atoms with van der Waals surface area (Å²) in [6.07, 6.45) is 3.89. The van der Waals surface area contributed by atoms with E-state index in [4.69, 9.17) is 32.7 Å². The van der Waals surface area contributed by atoms with E-state index in [0.29, 0.717) is 35.4 Å². The van der Waals surface area contributed by atoms with Crippen LogP contribution in [-0.2, 0) is 16.0 Å². The van der Waals surface area contributed by atoms with E-state index in [9.17, 15) is 4.79 Å². The average Bonchev–Trinajstić information content (AvgIpc) is 2.85. The third-order valence-electron chi connectivity index (χ3n) is 6.21. The van der Waals surface area contributed by atoms with Crippen LogP contribution in [0.5, 0.6) is 5.75 Å². The second kappa shape index (κ2) is 11.9. The van der Waals surface area contributed by atoms with E-state index in [1.54, 1.807) is 6.92 Å². The van der Waals surface area contributed by atoms with E-state index in [2.05, 4.69) is 20.9 Å². The Balaban J connectivity index is 1.17. The summed E-state index contributed by atoms with van der Waals surface area (Å²) in [4.78, 5) is 20.8. The van der Waals surface area contributed by atoms with Gasteiger partial charge in [0.2, 0.25) is 0 Å². The van der Waals surface area contributed by atoms with Crippen molar-refractivity contribution in [2.45, 2.75) is 39.0 Å². The maximum atomic E-state index is 11.5. The van der Waals surface area contributed by atoms with Crippen molar-refractivity contribution in [2.24, 2.45) is 4.99 Å². The molecule has 0 radical (unpaired) electrons. The molecular weight excluding hydrogens is 473 g/mol. The van der Waals surface area contributed by atoms with E-state index < -0.39 is 0 Å². The number of fused-ring (bicyclic) bond motifs is 1. The van der Waals surface area contributed by atoms with Crippen LogP contribution in [0.15, 0.2) is 41.4 Å². The molecule has 2 heterocycles. The van der Waals surface area contributed by atoms with Gasteiger partial charge in [-0.1, -0.05) is 42.3 Å². The van der Waals surface area contributed by atoms with Crippen molar-refractivity contribution < 1.29 is 14.3 Å². The quantitative estimate of drug-likeness (QED) is 0.331. The van der Waals surface area contributed by atoms with Gasteiger partial charge >= 0.3 is 5.97 Å². The Hall–Kier alpha value is -2.28. The van der Waals surface area contributed by atoms with Gasteiger partial charge in [-0.15, -0.1) is 0 Å². The van der Waals surface area contributed by atoms with Gasteiger partial charge in [-0.25, -0.2) is 4.99 Å². The van der Waals surface area contributed by atoms with Crippen LogP contribution >= 0.6 is 23.2 Å². The highest BCUT2D eigenvalue weighted by Crippen LogP contribution is 2.33. The number of aryl methyl sites for hydroxylation is 1. The van der Waals surface area contributed by atoms with Crippen molar-refractivity contribution in [1.29, 1.82) is 0 Å². The number of carbonyl (C=O) groups excluding carboxylic acids is 1. The molecule has 34 heavy (non-hydrogen) atoms. The fraction of sp³-hybridized carbons (Fsp3) is 0.462. The first-order chi connectivity index (χ1) is 16.5. The summed E-state index contributed by atoms with van der Waals surface area (Å²) in [5, 5.41) is 1.24. The lowest BCUT2D eigenvalue weighted by molar-refractivity contribution is -0.135. The fourth-order valence-corrected chi connectivity index (χ4v) is 4.65. The van der Waals surface area contributed by atoms with Crippen LogP contribution in [0.25, 0.3) is 0 Å². The lowest BCUT2D eigenvalue weighted by Crippen LogP contribution is -2.46. The zero-order valence-corrected chi connectivity index (χ0v) is 21.1. The zero-order chi connectivity index (χ0) is 23.9. The third-order valence-corrected chi connectivity index (χ3v) is 7.02. The molecular formula is C26H31Cl2N3O3. The minimum absolute atomic E-state index is 0.246. The number of esters is 1. The minimum atomic E-state index is -0.246. The Bertz CT molecular complexity index is 1040. The number of unbranched alkanes of at least 4 members (excludes halogenated alkanes) is 1. The van der Waals surface area contributed by atoms with Gasteiger partial charge in [0.1, 0.15) is 5.75 Å². The number of carbonyl (C=O) groups is 1. The summed E-state index contributed by atoms with van der Waals surface area (Å²) < 4.78 is 11.3. The highest BCUT2D eigenvalue weighted by atomic mass is 35.5. The molecule has 182 valence electrons. The number of anilines is 1. The van der Waals surface area contributed by atoms with Crippen molar-refractivity contribution >= 4 is 46.4 Å². The van der Waals surface area contributed by atoms with Crippen LogP contribution in [0, 0.1) is 0 Å². The fourth-order valence-electron chi connectivity index (χ4n) is 4.23. The predicted molar refractivity (Wildman–Crippen MR) is 138 cm³/mol. The van der Waals surface area contributed by atoms with E-state index in [0.717, 1.165) is 74.7 Å². The number of rotatable bonds is 8. The van der Waals surface area contributed by atoms with Gasteiger partial charge in [-0.3, -0.25) is 9.69 Å². The summed E-state index contributed by atoms with van der Waals surface area (Å²) in [6, 6.07) is 11.8. The van der Waals surface area contributed by atoms with E-state index in [1.807, 2.05) is 30.3 Å². The second-order valence-corrected chi connectivity index (χ2v) is 9.37. The maximum Gasteiger partial charge on any atom is 0.311 e. The number of halogens is 2. The van der Waals surface area contributed by atoms with Gasteiger partial charge in [0.25, 0.3) is 0 Å². The van der Waals surface area contributed by atoms with Crippen molar-refractivity contribution in [1.82, 2.24) is 4.90 Å². The molecule has 1 saturated heterocycles. The Kier molecular flexibility index (Phi) is 8.70. The monoisotopic (exact) mass is 503 g/mol. The van der Waals surface area contributed by atoms with Crippen molar-refractivity contribution in [3.63, 3.8) is 0 Å². The molecule has 0 bridgehead atoms. The number of hydrogen-bond acceptors (Lipinski definition) is 6. The third kappa shape index (κ3) is 6.44. The minimum Gasteiger partial charge on any atom is -0.494 e. The smallest absolute Gasteiger partial charge is 0.311 e. The van der Waals surface area contributed by atoms with Crippen molar-refractivity contribution in [3.05, 3.63) is 52.0 Å². The largest absolute Gasteiger partial charge is 0.494 e. The summed E-state index contributed by atoms with van der Waals surface area (Å²) in [7, 11) is 0. The molecule has 0 atom stereocenters. The topological polar surface area (TPSA) is 54.4 Å². The SMILES string of the molecule is CCC(=O)OC1=Nc2cc(OCCCCN3CCN(c4cccc(Cl)c4Cl)CC3)ccc2CC1. The molecule has 8 heteroatoms. The van der Waals surface area contributed by atoms with Gasteiger partial charge < -0.3 is 14.4 Å². The highest BCUT2D eigenvalue weighted by molar-refractivity contribution is 6.43. The number of ether oxygens (including phenoxy) is 2. The molecule has 0 aliphatic carbocycles. The lowest BCUT2D eigenvalue weighted by atomic mass is 10.0. The molecule has 2 aliphatic rings. The van der Waals surface area contributed by atoms with Crippen LogP contribution in [0.2, 0.25) is 10.0 Å².